The monoisotopic (exact) mass is 371 g/mol. The van der Waals surface area contributed by atoms with Crippen molar-refractivity contribution in [1.29, 1.82) is 0 Å². The Hall–Kier alpha value is -2.18. The minimum absolute atomic E-state index is 0.435. The lowest BCUT2D eigenvalue weighted by Crippen LogP contribution is -2.41. The van der Waals surface area contributed by atoms with Gasteiger partial charge in [0, 0.05) is 18.8 Å². The summed E-state index contributed by atoms with van der Waals surface area (Å²) in [5.41, 5.74) is 3.05. The number of nitrogens with one attached hydrogen (secondary N) is 2. The van der Waals surface area contributed by atoms with Crippen LogP contribution in [0.15, 0.2) is 41.1 Å². The van der Waals surface area contributed by atoms with Crippen LogP contribution in [0.5, 0.6) is 0 Å². The van der Waals surface area contributed by atoms with Crippen molar-refractivity contribution in [3.63, 3.8) is 0 Å². The van der Waals surface area contributed by atoms with Crippen LogP contribution >= 0.6 is 11.3 Å². The molecule has 1 aliphatic rings. The smallest absolute Gasteiger partial charge is 0.313 e. The summed E-state index contributed by atoms with van der Waals surface area (Å²) in [6.07, 6.45) is 2.09. The second-order valence-electron chi connectivity index (χ2n) is 6.88. The number of hydrogen-bond acceptors (Lipinski definition) is 4. The summed E-state index contributed by atoms with van der Waals surface area (Å²) in [6, 6.07) is 9.59. The standard InChI is InChI=1S/C20H25N3O2S/c1-15-3-2-4-18(11-15)22-20(25)19(24)21-12-16-5-8-23(9-6-16)13-17-7-10-26-14-17/h2-4,7,10-11,14,16H,5-6,8-9,12-13H2,1H3,(H,21,24)(H,22,25). The molecule has 1 saturated heterocycles. The number of amides is 2. The Morgan fingerprint density at radius 3 is 2.69 bits per heavy atom. The Morgan fingerprint density at radius 1 is 1.19 bits per heavy atom. The van der Waals surface area contributed by atoms with Gasteiger partial charge in [0.1, 0.15) is 0 Å². The molecule has 1 fully saturated rings. The summed E-state index contributed by atoms with van der Waals surface area (Å²) in [5, 5.41) is 9.73. The molecule has 1 aromatic heterocycles. The van der Waals surface area contributed by atoms with E-state index < -0.39 is 11.8 Å². The number of benzene rings is 1. The van der Waals surface area contributed by atoms with Crippen LogP contribution in [0.1, 0.15) is 24.0 Å². The molecule has 2 N–H and O–H groups in total. The molecule has 138 valence electrons. The van der Waals surface area contributed by atoms with Gasteiger partial charge in [0.15, 0.2) is 0 Å². The molecule has 1 aliphatic heterocycles. The zero-order chi connectivity index (χ0) is 18.4. The molecule has 0 unspecified atom stereocenters. The molecule has 0 radical (unpaired) electrons. The lowest BCUT2D eigenvalue weighted by molar-refractivity contribution is -0.136. The van der Waals surface area contributed by atoms with Gasteiger partial charge in [0.05, 0.1) is 0 Å². The fourth-order valence-electron chi connectivity index (χ4n) is 3.22. The van der Waals surface area contributed by atoms with Crippen LogP contribution in [0.4, 0.5) is 5.69 Å². The zero-order valence-corrected chi connectivity index (χ0v) is 15.8. The highest BCUT2D eigenvalue weighted by atomic mass is 32.1. The maximum Gasteiger partial charge on any atom is 0.313 e. The van der Waals surface area contributed by atoms with Crippen LogP contribution in [0.2, 0.25) is 0 Å². The summed E-state index contributed by atoms with van der Waals surface area (Å²) in [5.74, 6) is -0.734. The Bertz CT molecular complexity index is 737. The molecular formula is C20H25N3O2S. The number of anilines is 1. The normalized spacial score (nSPS) is 15.6. The van der Waals surface area contributed by atoms with Crippen molar-refractivity contribution in [2.24, 2.45) is 5.92 Å². The van der Waals surface area contributed by atoms with Gasteiger partial charge in [-0.05, 0) is 78.9 Å². The molecule has 0 saturated carbocycles. The molecular weight excluding hydrogens is 346 g/mol. The Kier molecular flexibility index (Phi) is 6.41. The van der Waals surface area contributed by atoms with E-state index in [1.54, 1.807) is 17.4 Å². The molecule has 0 bridgehead atoms. The second-order valence-corrected chi connectivity index (χ2v) is 7.66. The maximum atomic E-state index is 12.0. The van der Waals surface area contributed by atoms with Gasteiger partial charge < -0.3 is 10.6 Å². The third-order valence-electron chi connectivity index (χ3n) is 4.73. The van der Waals surface area contributed by atoms with Crippen molar-refractivity contribution in [3.8, 4) is 0 Å². The first kappa shape index (κ1) is 18.6. The summed E-state index contributed by atoms with van der Waals surface area (Å²) >= 11 is 1.73. The first-order chi connectivity index (χ1) is 12.6. The fourth-order valence-corrected chi connectivity index (χ4v) is 3.88. The molecule has 26 heavy (non-hydrogen) atoms. The number of rotatable bonds is 5. The number of piperidine rings is 1. The van der Waals surface area contributed by atoms with Gasteiger partial charge in [0.2, 0.25) is 0 Å². The number of nitrogens with zero attached hydrogens (tertiary/aromatic N) is 1. The molecule has 6 heteroatoms. The molecule has 2 aromatic rings. The Labute approximate surface area is 158 Å². The highest BCUT2D eigenvalue weighted by Gasteiger charge is 2.21. The number of aryl methyl sites for hydroxylation is 1. The van der Waals surface area contributed by atoms with Crippen molar-refractivity contribution >= 4 is 28.8 Å². The number of likely N-dealkylation sites (tertiary alicyclic amines) is 1. The third kappa shape index (κ3) is 5.41. The van der Waals surface area contributed by atoms with Gasteiger partial charge >= 0.3 is 11.8 Å². The van der Waals surface area contributed by atoms with E-state index in [4.69, 9.17) is 0 Å². The van der Waals surface area contributed by atoms with Gasteiger partial charge in [-0.15, -0.1) is 0 Å². The maximum absolute atomic E-state index is 12.0. The van der Waals surface area contributed by atoms with Crippen LogP contribution in [0, 0.1) is 12.8 Å². The van der Waals surface area contributed by atoms with Crippen LogP contribution in [0.25, 0.3) is 0 Å². The molecule has 0 aliphatic carbocycles. The van der Waals surface area contributed by atoms with Crippen LogP contribution in [0.3, 0.4) is 0 Å². The lowest BCUT2D eigenvalue weighted by atomic mass is 9.96. The van der Waals surface area contributed by atoms with E-state index in [0.717, 1.165) is 38.0 Å². The SMILES string of the molecule is Cc1cccc(NC(=O)C(=O)NCC2CCN(Cc3ccsc3)CC2)c1. The first-order valence-electron chi connectivity index (χ1n) is 8.99. The van der Waals surface area contributed by atoms with E-state index in [9.17, 15) is 9.59 Å². The number of hydrogen-bond donors (Lipinski definition) is 2. The first-order valence-corrected chi connectivity index (χ1v) is 9.94. The molecule has 2 heterocycles. The van der Waals surface area contributed by atoms with E-state index in [0.29, 0.717) is 18.2 Å². The largest absolute Gasteiger partial charge is 0.348 e. The van der Waals surface area contributed by atoms with E-state index in [1.807, 2.05) is 25.1 Å². The summed E-state index contributed by atoms with van der Waals surface area (Å²) in [4.78, 5) is 26.5. The summed E-state index contributed by atoms with van der Waals surface area (Å²) < 4.78 is 0. The van der Waals surface area contributed by atoms with Crippen molar-refractivity contribution in [3.05, 3.63) is 52.2 Å². The van der Waals surface area contributed by atoms with Crippen LogP contribution in [-0.2, 0) is 16.1 Å². The molecule has 0 atom stereocenters. The Morgan fingerprint density at radius 2 is 2.00 bits per heavy atom. The van der Waals surface area contributed by atoms with Crippen molar-refractivity contribution in [2.45, 2.75) is 26.3 Å². The van der Waals surface area contributed by atoms with Crippen LogP contribution < -0.4 is 10.6 Å². The van der Waals surface area contributed by atoms with E-state index in [2.05, 4.69) is 32.4 Å². The number of carbonyl (C=O) groups excluding carboxylic acids is 2. The minimum Gasteiger partial charge on any atom is -0.348 e. The minimum atomic E-state index is -0.606. The zero-order valence-electron chi connectivity index (χ0n) is 15.0. The molecule has 1 aromatic carbocycles. The van der Waals surface area contributed by atoms with Gasteiger partial charge in [-0.1, -0.05) is 12.1 Å². The molecule has 0 spiro atoms. The van der Waals surface area contributed by atoms with Crippen LogP contribution in [-0.4, -0.2) is 36.3 Å². The average Bonchev–Trinajstić information content (AvgIpc) is 3.14. The quantitative estimate of drug-likeness (QED) is 0.794. The topological polar surface area (TPSA) is 61.4 Å². The predicted molar refractivity (Wildman–Crippen MR) is 105 cm³/mol. The Balaban J connectivity index is 1.37. The van der Waals surface area contributed by atoms with Gasteiger partial charge in [-0.3, -0.25) is 14.5 Å². The highest BCUT2D eigenvalue weighted by molar-refractivity contribution is 7.07. The predicted octanol–water partition coefficient (Wildman–Crippen LogP) is 3.02. The van der Waals surface area contributed by atoms with Crippen molar-refractivity contribution < 1.29 is 9.59 Å². The summed E-state index contributed by atoms with van der Waals surface area (Å²) in [6.45, 7) is 5.58. The molecule has 3 rings (SSSR count). The van der Waals surface area contributed by atoms with E-state index in [-0.39, 0.29) is 0 Å². The van der Waals surface area contributed by atoms with E-state index in [1.165, 1.54) is 5.56 Å². The summed E-state index contributed by atoms with van der Waals surface area (Å²) in [7, 11) is 0. The van der Waals surface area contributed by atoms with Gasteiger partial charge in [-0.2, -0.15) is 11.3 Å². The number of carbonyl (C=O) groups is 2. The third-order valence-corrected chi connectivity index (χ3v) is 5.46. The number of thiophene rings is 1. The average molecular weight is 372 g/mol. The second kappa shape index (κ2) is 8.96. The lowest BCUT2D eigenvalue weighted by Gasteiger charge is -2.31. The van der Waals surface area contributed by atoms with Crippen molar-refractivity contribution in [1.82, 2.24) is 10.2 Å². The fraction of sp³-hybridized carbons (Fsp3) is 0.400. The van der Waals surface area contributed by atoms with Crippen molar-refractivity contribution in [2.75, 3.05) is 25.0 Å². The molecule has 5 nitrogen and oxygen atoms in total. The highest BCUT2D eigenvalue weighted by Crippen LogP contribution is 2.19. The molecule has 2 amide bonds. The van der Waals surface area contributed by atoms with Gasteiger partial charge in [-0.25, -0.2) is 0 Å². The van der Waals surface area contributed by atoms with E-state index >= 15 is 0 Å². The van der Waals surface area contributed by atoms with Gasteiger partial charge in [0.25, 0.3) is 0 Å².